The molecule has 1 atom stereocenters. The van der Waals surface area contributed by atoms with Gasteiger partial charge in [0.15, 0.2) is 11.5 Å². The zero-order valence-corrected chi connectivity index (χ0v) is 14.7. The van der Waals surface area contributed by atoms with Crippen molar-refractivity contribution in [1.82, 2.24) is 0 Å². The van der Waals surface area contributed by atoms with Gasteiger partial charge in [-0.15, -0.1) is 0 Å². The maximum atomic E-state index is 12.6. The van der Waals surface area contributed by atoms with Crippen LogP contribution in [-0.4, -0.2) is 31.6 Å². The third kappa shape index (κ3) is 3.20. The van der Waals surface area contributed by atoms with Gasteiger partial charge in [0.25, 0.3) is 0 Å². The number of para-hydroxylation sites is 1. The summed E-state index contributed by atoms with van der Waals surface area (Å²) < 4.78 is 11.0. The molecule has 1 saturated heterocycles. The molecule has 0 radical (unpaired) electrons. The number of hydrogen-bond donors (Lipinski definition) is 1. The molecule has 2 aliphatic heterocycles. The summed E-state index contributed by atoms with van der Waals surface area (Å²) in [6, 6.07) is 12.4. The van der Waals surface area contributed by atoms with Crippen LogP contribution in [-0.2, 0) is 9.59 Å². The molecule has 0 aromatic heterocycles. The molecule has 0 bridgehead atoms. The molecule has 2 amide bonds. The van der Waals surface area contributed by atoms with E-state index in [2.05, 4.69) is 5.32 Å². The van der Waals surface area contributed by atoms with E-state index in [1.165, 1.54) is 0 Å². The summed E-state index contributed by atoms with van der Waals surface area (Å²) in [5.74, 6) is 0.515. The zero-order chi connectivity index (χ0) is 18.1. The molecule has 2 heterocycles. The Kier molecular flexibility index (Phi) is 4.42. The average molecular weight is 373 g/mol. The normalized spacial score (nSPS) is 18.7. The lowest BCUT2D eigenvalue weighted by molar-refractivity contribution is -0.122. The fourth-order valence-corrected chi connectivity index (χ4v) is 3.39. The van der Waals surface area contributed by atoms with E-state index in [0.29, 0.717) is 47.7 Å². The standard InChI is InChI=1S/C19H17ClN2O4/c20-14-3-1-2-4-15(14)22-11-12(9-18(22)23)19(24)21-13-5-6-16-17(10-13)26-8-7-25-16/h1-6,10,12H,7-9,11H2,(H,21,24)/t12-/m0/s1. The van der Waals surface area contributed by atoms with Gasteiger partial charge in [-0.2, -0.15) is 0 Å². The number of nitrogens with one attached hydrogen (secondary N) is 1. The molecule has 1 fully saturated rings. The summed E-state index contributed by atoms with van der Waals surface area (Å²) in [6.07, 6.45) is 0.154. The van der Waals surface area contributed by atoms with Gasteiger partial charge in [0.1, 0.15) is 13.2 Å². The quantitative estimate of drug-likeness (QED) is 0.899. The van der Waals surface area contributed by atoms with Gasteiger partial charge in [-0.05, 0) is 24.3 Å². The number of benzene rings is 2. The van der Waals surface area contributed by atoms with Crippen molar-refractivity contribution in [2.45, 2.75) is 6.42 Å². The van der Waals surface area contributed by atoms with Gasteiger partial charge in [0.05, 0.1) is 16.6 Å². The molecule has 2 aromatic rings. The lowest BCUT2D eigenvalue weighted by atomic mass is 10.1. The molecule has 6 nitrogen and oxygen atoms in total. The molecule has 7 heteroatoms. The van der Waals surface area contributed by atoms with E-state index < -0.39 is 5.92 Å². The predicted octanol–water partition coefficient (Wildman–Crippen LogP) is 3.10. The van der Waals surface area contributed by atoms with Gasteiger partial charge < -0.3 is 19.7 Å². The van der Waals surface area contributed by atoms with Crippen LogP contribution >= 0.6 is 11.6 Å². The van der Waals surface area contributed by atoms with Crippen molar-refractivity contribution in [2.24, 2.45) is 5.92 Å². The minimum absolute atomic E-state index is 0.111. The van der Waals surface area contributed by atoms with Crippen molar-refractivity contribution in [1.29, 1.82) is 0 Å². The van der Waals surface area contributed by atoms with E-state index in [1.807, 2.05) is 6.07 Å². The zero-order valence-electron chi connectivity index (χ0n) is 13.9. The number of carbonyl (C=O) groups is 2. The van der Waals surface area contributed by atoms with Crippen LogP contribution in [0, 0.1) is 5.92 Å². The minimum Gasteiger partial charge on any atom is -0.486 e. The van der Waals surface area contributed by atoms with Gasteiger partial charge in [-0.1, -0.05) is 23.7 Å². The van der Waals surface area contributed by atoms with Crippen LogP contribution in [0.4, 0.5) is 11.4 Å². The number of rotatable bonds is 3. The first-order valence-corrected chi connectivity index (χ1v) is 8.75. The Bertz CT molecular complexity index is 870. The maximum Gasteiger partial charge on any atom is 0.229 e. The molecule has 134 valence electrons. The van der Waals surface area contributed by atoms with E-state index in [1.54, 1.807) is 41.3 Å². The molecule has 0 unspecified atom stereocenters. The second-order valence-electron chi connectivity index (χ2n) is 6.20. The lowest BCUT2D eigenvalue weighted by Crippen LogP contribution is -2.28. The van der Waals surface area contributed by atoms with Crippen LogP contribution in [0.2, 0.25) is 5.02 Å². The second-order valence-corrected chi connectivity index (χ2v) is 6.61. The van der Waals surface area contributed by atoms with Crippen molar-refractivity contribution in [3.63, 3.8) is 0 Å². The fraction of sp³-hybridized carbons (Fsp3) is 0.263. The van der Waals surface area contributed by atoms with E-state index in [4.69, 9.17) is 21.1 Å². The summed E-state index contributed by atoms with van der Waals surface area (Å²) in [4.78, 5) is 26.5. The highest BCUT2D eigenvalue weighted by molar-refractivity contribution is 6.33. The summed E-state index contributed by atoms with van der Waals surface area (Å²) in [7, 11) is 0. The SMILES string of the molecule is O=C(Nc1ccc2c(c1)OCCO2)[C@H]1CC(=O)N(c2ccccc2Cl)C1. The number of hydrogen-bond acceptors (Lipinski definition) is 4. The largest absolute Gasteiger partial charge is 0.486 e. The number of amides is 2. The van der Waals surface area contributed by atoms with Crippen LogP contribution < -0.4 is 19.7 Å². The monoisotopic (exact) mass is 372 g/mol. The number of ether oxygens (including phenoxy) is 2. The summed E-state index contributed by atoms with van der Waals surface area (Å²) in [5.41, 5.74) is 1.25. The molecular formula is C19H17ClN2O4. The van der Waals surface area contributed by atoms with Crippen molar-refractivity contribution < 1.29 is 19.1 Å². The summed E-state index contributed by atoms with van der Waals surface area (Å²) >= 11 is 6.17. The lowest BCUT2D eigenvalue weighted by Gasteiger charge is -2.20. The highest BCUT2D eigenvalue weighted by atomic mass is 35.5. The Morgan fingerprint density at radius 2 is 1.88 bits per heavy atom. The van der Waals surface area contributed by atoms with E-state index >= 15 is 0 Å². The van der Waals surface area contributed by atoms with Crippen LogP contribution in [0.15, 0.2) is 42.5 Å². The highest BCUT2D eigenvalue weighted by Crippen LogP contribution is 2.34. The molecule has 2 aromatic carbocycles. The molecular weight excluding hydrogens is 356 g/mol. The van der Waals surface area contributed by atoms with Crippen molar-refractivity contribution in [2.75, 3.05) is 30.0 Å². The molecule has 26 heavy (non-hydrogen) atoms. The minimum atomic E-state index is -0.438. The summed E-state index contributed by atoms with van der Waals surface area (Å²) in [5, 5.41) is 3.35. The molecule has 1 N–H and O–H groups in total. The third-order valence-electron chi connectivity index (χ3n) is 4.45. The van der Waals surface area contributed by atoms with E-state index in [-0.39, 0.29) is 18.2 Å². The van der Waals surface area contributed by atoms with Gasteiger partial charge in [-0.3, -0.25) is 9.59 Å². The first kappa shape index (κ1) is 16.7. The Morgan fingerprint density at radius 3 is 2.69 bits per heavy atom. The molecule has 2 aliphatic rings. The molecule has 0 aliphatic carbocycles. The summed E-state index contributed by atoms with van der Waals surface area (Å²) in [6.45, 7) is 1.30. The van der Waals surface area contributed by atoms with E-state index in [9.17, 15) is 9.59 Å². The smallest absolute Gasteiger partial charge is 0.229 e. The second kappa shape index (κ2) is 6.88. The van der Waals surface area contributed by atoms with Crippen LogP contribution in [0.1, 0.15) is 6.42 Å². The fourth-order valence-electron chi connectivity index (χ4n) is 3.15. The topological polar surface area (TPSA) is 67.9 Å². The van der Waals surface area contributed by atoms with Gasteiger partial charge in [0.2, 0.25) is 11.8 Å². The highest BCUT2D eigenvalue weighted by Gasteiger charge is 2.36. The maximum absolute atomic E-state index is 12.6. The van der Waals surface area contributed by atoms with E-state index in [0.717, 1.165) is 0 Å². The molecule has 0 spiro atoms. The third-order valence-corrected chi connectivity index (χ3v) is 4.77. The Morgan fingerprint density at radius 1 is 1.12 bits per heavy atom. The first-order valence-electron chi connectivity index (χ1n) is 8.37. The Balaban J connectivity index is 1.46. The van der Waals surface area contributed by atoms with Crippen LogP contribution in [0.3, 0.4) is 0 Å². The number of anilines is 2. The number of fused-ring (bicyclic) bond motifs is 1. The predicted molar refractivity (Wildman–Crippen MR) is 98.0 cm³/mol. The number of halogens is 1. The Hall–Kier alpha value is -2.73. The average Bonchev–Trinajstić information content (AvgIpc) is 3.04. The first-order chi connectivity index (χ1) is 12.6. The number of carbonyl (C=O) groups excluding carboxylic acids is 2. The molecule has 4 rings (SSSR count). The number of nitrogens with zero attached hydrogens (tertiary/aromatic N) is 1. The van der Waals surface area contributed by atoms with Crippen molar-refractivity contribution >= 4 is 34.8 Å². The van der Waals surface area contributed by atoms with Crippen molar-refractivity contribution in [3.05, 3.63) is 47.5 Å². The van der Waals surface area contributed by atoms with Crippen LogP contribution in [0.5, 0.6) is 11.5 Å². The Labute approximate surface area is 155 Å². The van der Waals surface area contributed by atoms with Gasteiger partial charge in [0, 0.05) is 24.7 Å². The van der Waals surface area contributed by atoms with Gasteiger partial charge in [-0.25, -0.2) is 0 Å². The van der Waals surface area contributed by atoms with Gasteiger partial charge >= 0.3 is 0 Å². The van der Waals surface area contributed by atoms with Crippen molar-refractivity contribution in [3.8, 4) is 11.5 Å². The molecule has 0 saturated carbocycles. The van der Waals surface area contributed by atoms with Crippen LogP contribution in [0.25, 0.3) is 0 Å².